The second-order valence-electron chi connectivity index (χ2n) is 4.66. The summed E-state index contributed by atoms with van der Waals surface area (Å²) in [5, 5.41) is 2.75. The molecule has 100 valence electrons. The Labute approximate surface area is 116 Å². The van der Waals surface area contributed by atoms with Gasteiger partial charge in [0.2, 0.25) is 0 Å². The number of carbonyl (C=O) groups is 2. The Morgan fingerprint density at radius 2 is 1.70 bits per heavy atom. The molecule has 20 heavy (non-hydrogen) atoms. The SMILES string of the molecule is CC(=O)C1(c2ccccc2)Oc2ccccc2NC1=O. The average molecular weight is 267 g/mol. The van der Waals surface area contributed by atoms with Crippen LogP contribution in [0, 0.1) is 0 Å². The van der Waals surface area contributed by atoms with Crippen molar-refractivity contribution in [3.05, 3.63) is 60.2 Å². The van der Waals surface area contributed by atoms with Gasteiger partial charge in [0.05, 0.1) is 5.69 Å². The predicted molar refractivity (Wildman–Crippen MR) is 74.5 cm³/mol. The maximum atomic E-state index is 12.5. The summed E-state index contributed by atoms with van der Waals surface area (Å²) in [6.45, 7) is 1.36. The number of anilines is 1. The van der Waals surface area contributed by atoms with Gasteiger partial charge in [-0.25, -0.2) is 0 Å². The first-order chi connectivity index (χ1) is 9.64. The van der Waals surface area contributed by atoms with Gasteiger partial charge >= 0.3 is 0 Å². The molecule has 0 saturated carbocycles. The Bertz CT molecular complexity index is 681. The molecule has 4 heteroatoms. The second kappa shape index (κ2) is 4.49. The number of amides is 1. The van der Waals surface area contributed by atoms with Crippen LogP contribution in [0.4, 0.5) is 5.69 Å². The molecular formula is C16H13NO3. The van der Waals surface area contributed by atoms with Crippen LogP contribution in [0.15, 0.2) is 54.6 Å². The maximum absolute atomic E-state index is 12.5. The highest BCUT2D eigenvalue weighted by Gasteiger charge is 2.50. The summed E-state index contributed by atoms with van der Waals surface area (Å²) in [5.74, 6) is -0.322. The zero-order chi connectivity index (χ0) is 14.2. The smallest absolute Gasteiger partial charge is 0.281 e. The zero-order valence-corrected chi connectivity index (χ0v) is 10.9. The molecular weight excluding hydrogens is 254 g/mol. The molecule has 1 aliphatic rings. The van der Waals surface area contributed by atoms with E-state index in [0.717, 1.165) is 0 Å². The van der Waals surface area contributed by atoms with Crippen molar-refractivity contribution in [1.82, 2.24) is 0 Å². The van der Waals surface area contributed by atoms with E-state index < -0.39 is 11.5 Å². The van der Waals surface area contributed by atoms with Crippen LogP contribution in [0.3, 0.4) is 0 Å². The summed E-state index contributed by atoms with van der Waals surface area (Å²) in [7, 11) is 0. The molecule has 1 amide bonds. The van der Waals surface area contributed by atoms with Crippen LogP contribution in [0.2, 0.25) is 0 Å². The highest BCUT2D eigenvalue weighted by molar-refractivity contribution is 6.16. The average Bonchev–Trinajstić information content (AvgIpc) is 2.47. The molecule has 0 radical (unpaired) electrons. The van der Waals surface area contributed by atoms with Crippen molar-refractivity contribution in [2.75, 3.05) is 5.32 Å². The van der Waals surface area contributed by atoms with Gasteiger partial charge in [-0.15, -0.1) is 0 Å². The van der Waals surface area contributed by atoms with Crippen LogP contribution in [-0.4, -0.2) is 11.7 Å². The summed E-state index contributed by atoms with van der Waals surface area (Å²) < 4.78 is 5.82. The van der Waals surface area contributed by atoms with Gasteiger partial charge in [0.25, 0.3) is 11.5 Å². The Balaban J connectivity index is 2.18. The van der Waals surface area contributed by atoms with E-state index in [0.29, 0.717) is 17.0 Å². The minimum Gasteiger partial charge on any atom is -0.462 e. The van der Waals surface area contributed by atoms with E-state index in [9.17, 15) is 9.59 Å². The van der Waals surface area contributed by atoms with Crippen molar-refractivity contribution in [3.63, 3.8) is 0 Å². The molecule has 1 unspecified atom stereocenters. The lowest BCUT2D eigenvalue weighted by molar-refractivity contribution is -0.146. The van der Waals surface area contributed by atoms with E-state index in [1.54, 1.807) is 48.5 Å². The fourth-order valence-corrected chi connectivity index (χ4v) is 2.38. The first kappa shape index (κ1) is 12.4. The normalized spacial score (nSPS) is 20.6. The van der Waals surface area contributed by atoms with E-state index >= 15 is 0 Å². The summed E-state index contributed by atoms with van der Waals surface area (Å²) in [5.41, 5.74) is -0.514. The largest absolute Gasteiger partial charge is 0.462 e. The molecule has 0 aliphatic carbocycles. The van der Waals surface area contributed by atoms with E-state index in [2.05, 4.69) is 5.32 Å². The fraction of sp³-hybridized carbons (Fsp3) is 0.125. The van der Waals surface area contributed by atoms with Crippen LogP contribution in [0.5, 0.6) is 5.75 Å². The number of ketones is 1. The molecule has 1 heterocycles. The topological polar surface area (TPSA) is 55.4 Å². The van der Waals surface area contributed by atoms with Crippen LogP contribution < -0.4 is 10.1 Å². The molecule has 1 aliphatic heterocycles. The van der Waals surface area contributed by atoms with Gasteiger partial charge in [0.1, 0.15) is 5.75 Å². The molecule has 0 spiro atoms. The van der Waals surface area contributed by atoms with Crippen LogP contribution in [0.25, 0.3) is 0 Å². The quantitative estimate of drug-likeness (QED) is 0.850. The number of hydrogen-bond donors (Lipinski definition) is 1. The highest BCUT2D eigenvalue weighted by Crippen LogP contribution is 2.39. The monoisotopic (exact) mass is 267 g/mol. The fourth-order valence-electron chi connectivity index (χ4n) is 2.38. The van der Waals surface area contributed by atoms with Gasteiger partial charge in [0, 0.05) is 5.56 Å². The minimum atomic E-state index is -1.62. The Kier molecular flexibility index (Phi) is 2.79. The second-order valence-corrected chi connectivity index (χ2v) is 4.66. The standard InChI is InChI=1S/C16H13NO3/c1-11(18)16(12-7-3-2-4-8-12)15(19)17-13-9-5-6-10-14(13)20-16/h2-10H,1H3,(H,17,19). The van der Waals surface area contributed by atoms with Crippen LogP contribution in [-0.2, 0) is 15.2 Å². The van der Waals surface area contributed by atoms with Crippen LogP contribution in [0.1, 0.15) is 12.5 Å². The number of nitrogens with one attached hydrogen (secondary N) is 1. The van der Waals surface area contributed by atoms with E-state index in [-0.39, 0.29) is 5.78 Å². The third-order valence-electron chi connectivity index (χ3n) is 3.39. The number of fused-ring (bicyclic) bond motifs is 1. The van der Waals surface area contributed by atoms with Gasteiger partial charge in [-0.2, -0.15) is 0 Å². The molecule has 2 aromatic carbocycles. The molecule has 2 aromatic rings. The number of Topliss-reactive ketones (excluding diaryl/α,β-unsaturated/α-hetero) is 1. The number of carbonyl (C=O) groups excluding carboxylic acids is 2. The van der Waals surface area contributed by atoms with Crippen molar-refractivity contribution in [1.29, 1.82) is 0 Å². The Morgan fingerprint density at radius 1 is 1.05 bits per heavy atom. The first-order valence-corrected chi connectivity index (χ1v) is 6.30. The number of hydrogen-bond acceptors (Lipinski definition) is 3. The summed E-state index contributed by atoms with van der Waals surface area (Å²) >= 11 is 0. The summed E-state index contributed by atoms with van der Waals surface area (Å²) in [6, 6.07) is 15.9. The summed E-state index contributed by atoms with van der Waals surface area (Å²) in [6.07, 6.45) is 0. The van der Waals surface area contributed by atoms with Crippen molar-refractivity contribution >= 4 is 17.4 Å². The van der Waals surface area contributed by atoms with E-state index in [1.165, 1.54) is 6.92 Å². The van der Waals surface area contributed by atoms with Gasteiger partial charge in [0.15, 0.2) is 5.78 Å². The lowest BCUT2D eigenvalue weighted by Crippen LogP contribution is -2.53. The number of ether oxygens (including phenoxy) is 1. The molecule has 0 saturated heterocycles. The molecule has 1 atom stereocenters. The lowest BCUT2D eigenvalue weighted by Gasteiger charge is -2.35. The minimum absolute atomic E-state index is 0.351. The van der Waals surface area contributed by atoms with Gasteiger partial charge in [-0.05, 0) is 19.1 Å². The molecule has 0 fully saturated rings. The van der Waals surface area contributed by atoms with Gasteiger partial charge in [-0.3, -0.25) is 9.59 Å². The number of benzene rings is 2. The van der Waals surface area contributed by atoms with Gasteiger partial charge < -0.3 is 10.1 Å². The Morgan fingerprint density at radius 3 is 2.40 bits per heavy atom. The third-order valence-corrected chi connectivity index (χ3v) is 3.39. The number of para-hydroxylation sites is 2. The molecule has 0 aromatic heterocycles. The molecule has 3 rings (SSSR count). The summed E-state index contributed by atoms with van der Waals surface area (Å²) in [4.78, 5) is 24.6. The number of rotatable bonds is 2. The van der Waals surface area contributed by atoms with E-state index in [1.807, 2.05) is 6.07 Å². The molecule has 0 bridgehead atoms. The van der Waals surface area contributed by atoms with E-state index in [4.69, 9.17) is 4.74 Å². The highest BCUT2D eigenvalue weighted by atomic mass is 16.5. The maximum Gasteiger partial charge on any atom is 0.281 e. The van der Waals surface area contributed by atoms with Crippen LogP contribution >= 0.6 is 0 Å². The lowest BCUT2D eigenvalue weighted by atomic mass is 9.87. The molecule has 4 nitrogen and oxygen atoms in total. The van der Waals surface area contributed by atoms with Crippen molar-refractivity contribution in [2.45, 2.75) is 12.5 Å². The van der Waals surface area contributed by atoms with Crippen molar-refractivity contribution < 1.29 is 14.3 Å². The third kappa shape index (κ3) is 1.69. The first-order valence-electron chi connectivity index (χ1n) is 6.30. The zero-order valence-electron chi connectivity index (χ0n) is 10.9. The van der Waals surface area contributed by atoms with Crippen molar-refractivity contribution in [2.24, 2.45) is 0 Å². The Hall–Kier alpha value is -2.62. The molecule has 1 N–H and O–H groups in total. The predicted octanol–water partition coefficient (Wildman–Crippen LogP) is 2.50. The van der Waals surface area contributed by atoms with Crippen molar-refractivity contribution in [3.8, 4) is 5.75 Å². The van der Waals surface area contributed by atoms with Gasteiger partial charge in [-0.1, -0.05) is 42.5 Å².